The third-order valence-corrected chi connectivity index (χ3v) is 6.71. The first-order valence-corrected chi connectivity index (χ1v) is 9.02. The van der Waals surface area contributed by atoms with Crippen molar-refractivity contribution in [1.29, 1.82) is 0 Å². The van der Waals surface area contributed by atoms with E-state index in [0.717, 1.165) is 41.8 Å². The summed E-state index contributed by atoms with van der Waals surface area (Å²) >= 11 is 3.29. The number of carbonyl (C=O) groups excluding carboxylic acids is 2. The van der Waals surface area contributed by atoms with Crippen LogP contribution in [0, 0.1) is 41.5 Å². The fourth-order valence-corrected chi connectivity index (χ4v) is 5.31. The molecule has 2 aromatic rings. The summed E-state index contributed by atoms with van der Waals surface area (Å²) in [5, 5.41) is 0. The highest BCUT2D eigenvalue weighted by atomic mass is 32.1. The smallest absolute Gasteiger partial charge is 0.347 e. The average molecular weight is 346 g/mol. The molecule has 0 aromatic carbocycles. The molecule has 3 rings (SSSR count). The highest BCUT2D eigenvalue weighted by molar-refractivity contribution is 7.12. The maximum atomic E-state index is 12.4. The van der Waals surface area contributed by atoms with Crippen LogP contribution in [0.1, 0.15) is 41.8 Å². The maximum Gasteiger partial charge on any atom is 0.347 e. The van der Waals surface area contributed by atoms with Gasteiger partial charge in [0.05, 0.1) is 11.1 Å². The van der Waals surface area contributed by atoms with Gasteiger partial charge in [0.2, 0.25) is 0 Å². The molecule has 0 N–H and O–H groups in total. The lowest BCUT2D eigenvalue weighted by Gasteiger charge is -2.06. The van der Waals surface area contributed by atoms with E-state index in [-0.39, 0.29) is 0 Å². The molecule has 0 radical (unpaired) electrons. The summed E-state index contributed by atoms with van der Waals surface area (Å²) in [7, 11) is 0. The molecule has 2 aromatic heterocycles. The minimum atomic E-state index is -0.531. The zero-order chi connectivity index (χ0) is 17.0. The molecule has 0 amide bonds. The van der Waals surface area contributed by atoms with Crippen molar-refractivity contribution in [3.8, 4) is 0 Å². The van der Waals surface area contributed by atoms with Gasteiger partial charge in [0.1, 0.15) is 0 Å². The molecule has 1 aliphatic heterocycles. The Labute approximate surface area is 143 Å². The van der Waals surface area contributed by atoms with Crippen LogP contribution in [0.2, 0.25) is 0 Å². The van der Waals surface area contributed by atoms with Crippen molar-refractivity contribution < 1.29 is 14.3 Å². The van der Waals surface area contributed by atoms with E-state index in [2.05, 4.69) is 0 Å². The summed E-state index contributed by atoms with van der Waals surface area (Å²) in [4.78, 5) is 29.2. The molecule has 0 saturated carbocycles. The van der Waals surface area contributed by atoms with Crippen LogP contribution >= 0.6 is 22.7 Å². The topological polar surface area (TPSA) is 43.4 Å². The second kappa shape index (κ2) is 5.42. The molecule has 3 heterocycles. The highest BCUT2D eigenvalue weighted by Gasteiger charge is 2.38. The Morgan fingerprint density at radius 3 is 1.22 bits per heavy atom. The van der Waals surface area contributed by atoms with Crippen LogP contribution in [-0.2, 0) is 14.3 Å². The number of thiophene rings is 2. The summed E-state index contributed by atoms with van der Waals surface area (Å²) in [6, 6.07) is 0. The van der Waals surface area contributed by atoms with Crippen molar-refractivity contribution in [3.63, 3.8) is 0 Å². The number of rotatable bonds is 2. The van der Waals surface area contributed by atoms with Gasteiger partial charge in [-0.25, -0.2) is 9.59 Å². The fourth-order valence-electron chi connectivity index (χ4n) is 3.17. The first-order valence-electron chi connectivity index (χ1n) is 7.38. The number of hydrogen-bond acceptors (Lipinski definition) is 5. The molecule has 5 heteroatoms. The van der Waals surface area contributed by atoms with Gasteiger partial charge in [-0.3, -0.25) is 0 Å². The standard InChI is InChI=1S/C18H18O3S2/c1-7-9(3)22-11(5)13(7)15-16(18(20)21-17(15)19)14-8(2)10(4)23-12(14)6/h1-6H3. The van der Waals surface area contributed by atoms with E-state index >= 15 is 0 Å². The van der Waals surface area contributed by atoms with Crippen LogP contribution < -0.4 is 0 Å². The van der Waals surface area contributed by atoms with Crippen LogP contribution in [0.5, 0.6) is 0 Å². The maximum absolute atomic E-state index is 12.4. The number of ether oxygens (including phenoxy) is 1. The number of hydrogen-bond donors (Lipinski definition) is 0. The predicted molar refractivity (Wildman–Crippen MR) is 95.0 cm³/mol. The molecule has 120 valence electrons. The number of cyclic esters (lactones) is 2. The summed E-state index contributed by atoms with van der Waals surface area (Å²) < 4.78 is 4.99. The number of carbonyl (C=O) groups is 2. The SMILES string of the molecule is Cc1sc(C)c(C2=C(c3c(C)sc(C)c3C)C(=O)OC2=O)c1C. The lowest BCUT2D eigenvalue weighted by molar-refractivity contribution is -0.149. The van der Waals surface area contributed by atoms with E-state index in [9.17, 15) is 9.59 Å². The highest BCUT2D eigenvalue weighted by Crippen LogP contribution is 2.43. The van der Waals surface area contributed by atoms with Gasteiger partial charge >= 0.3 is 11.9 Å². The monoisotopic (exact) mass is 346 g/mol. The molecular weight excluding hydrogens is 328 g/mol. The van der Waals surface area contributed by atoms with Gasteiger partial charge in [-0.1, -0.05) is 0 Å². The Morgan fingerprint density at radius 1 is 0.609 bits per heavy atom. The van der Waals surface area contributed by atoms with Crippen LogP contribution in [-0.4, -0.2) is 11.9 Å². The van der Waals surface area contributed by atoms with Gasteiger partial charge < -0.3 is 4.74 Å². The Bertz CT molecular complexity index is 822. The van der Waals surface area contributed by atoms with E-state index in [4.69, 9.17) is 4.74 Å². The molecule has 0 fully saturated rings. The van der Waals surface area contributed by atoms with Gasteiger partial charge in [0.25, 0.3) is 0 Å². The fraction of sp³-hybridized carbons (Fsp3) is 0.333. The lowest BCUT2D eigenvalue weighted by atomic mass is 9.92. The molecule has 0 atom stereocenters. The van der Waals surface area contributed by atoms with Crippen LogP contribution in [0.25, 0.3) is 11.1 Å². The van der Waals surface area contributed by atoms with Gasteiger partial charge in [0.15, 0.2) is 0 Å². The summed E-state index contributed by atoms with van der Waals surface area (Å²) in [6.07, 6.45) is 0. The molecule has 3 nitrogen and oxygen atoms in total. The molecule has 0 bridgehead atoms. The van der Waals surface area contributed by atoms with Gasteiger partial charge in [-0.05, 0) is 52.7 Å². The zero-order valence-corrected chi connectivity index (χ0v) is 15.7. The molecule has 0 spiro atoms. The quantitative estimate of drug-likeness (QED) is 0.587. The molecule has 0 unspecified atom stereocenters. The normalized spacial score (nSPS) is 14.9. The summed E-state index contributed by atoms with van der Waals surface area (Å²) in [5.74, 6) is -1.06. The Kier molecular flexibility index (Phi) is 3.81. The third kappa shape index (κ3) is 2.30. The molecule has 0 aliphatic carbocycles. The second-order valence-corrected chi connectivity index (χ2v) is 8.71. The first kappa shape index (κ1) is 16.1. The first-order chi connectivity index (χ1) is 10.7. The van der Waals surface area contributed by atoms with E-state index in [1.807, 2.05) is 41.5 Å². The van der Waals surface area contributed by atoms with Crippen molar-refractivity contribution in [2.24, 2.45) is 0 Å². The molecule has 1 aliphatic rings. The summed E-state index contributed by atoms with van der Waals surface area (Å²) in [5.41, 5.74) is 4.68. The predicted octanol–water partition coefficient (Wildman–Crippen LogP) is 4.65. The van der Waals surface area contributed by atoms with Crippen LogP contribution in [0.4, 0.5) is 0 Å². The minimum Gasteiger partial charge on any atom is -0.386 e. The molecule has 23 heavy (non-hydrogen) atoms. The third-order valence-electron chi connectivity index (χ3n) is 4.47. The largest absolute Gasteiger partial charge is 0.386 e. The Balaban J connectivity index is 2.40. The Hall–Kier alpha value is -1.72. The van der Waals surface area contributed by atoms with E-state index < -0.39 is 11.9 Å². The van der Waals surface area contributed by atoms with Gasteiger partial charge in [-0.2, -0.15) is 0 Å². The van der Waals surface area contributed by atoms with Crippen molar-refractivity contribution in [1.82, 2.24) is 0 Å². The summed E-state index contributed by atoms with van der Waals surface area (Å²) in [6.45, 7) is 12.0. The van der Waals surface area contributed by atoms with E-state index in [0.29, 0.717) is 11.1 Å². The van der Waals surface area contributed by atoms with Crippen molar-refractivity contribution >= 4 is 45.8 Å². The Morgan fingerprint density at radius 2 is 0.957 bits per heavy atom. The van der Waals surface area contributed by atoms with E-state index in [1.54, 1.807) is 22.7 Å². The lowest BCUT2D eigenvalue weighted by Crippen LogP contribution is -2.02. The zero-order valence-electron chi connectivity index (χ0n) is 14.0. The molecule has 0 saturated heterocycles. The minimum absolute atomic E-state index is 0.429. The van der Waals surface area contributed by atoms with Crippen molar-refractivity contribution in [2.75, 3.05) is 0 Å². The van der Waals surface area contributed by atoms with Crippen molar-refractivity contribution in [3.05, 3.63) is 41.8 Å². The van der Waals surface area contributed by atoms with Gasteiger partial charge in [-0.15, -0.1) is 22.7 Å². The van der Waals surface area contributed by atoms with E-state index in [1.165, 1.54) is 0 Å². The number of esters is 2. The van der Waals surface area contributed by atoms with Crippen LogP contribution in [0.15, 0.2) is 0 Å². The number of aryl methyl sites for hydroxylation is 4. The average Bonchev–Trinajstić information content (AvgIpc) is 2.96. The second-order valence-electron chi connectivity index (χ2n) is 5.86. The van der Waals surface area contributed by atoms with Crippen molar-refractivity contribution in [2.45, 2.75) is 41.5 Å². The van der Waals surface area contributed by atoms with Crippen LogP contribution in [0.3, 0.4) is 0 Å². The molecular formula is C18H18O3S2. The van der Waals surface area contributed by atoms with Gasteiger partial charge in [0, 0.05) is 30.6 Å².